The van der Waals surface area contributed by atoms with Crippen molar-refractivity contribution >= 4 is 11.7 Å². The Labute approximate surface area is 82.3 Å². The van der Waals surface area contributed by atoms with Crippen LogP contribution in [0.25, 0.3) is 0 Å². The molecule has 74 valence electrons. The molecule has 0 unspecified atom stereocenters. The van der Waals surface area contributed by atoms with Gasteiger partial charge in [0.25, 0.3) is 5.91 Å². The Hall–Kier alpha value is -1.58. The van der Waals surface area contributed by atoms with Gasteiger partial charge in [-0.25, -0.2) is 4.98 Å². The highest BCUT2D eigenvalue weighted by Crippen LogP contribution is 2.28. The van der Waals surface area contributed by atoms with E-state index in [-0.39, 0.29) is 12.5 Å². The minimum Gasteiger partial charge on any atom is -0.480 e. The molecule has 1 aliphatic rings. The molecule has 0 saturated heterocycles. The summed E-state index contributed by atoms with van der Waals surface area (Å²) >= 11 is 0. The maximum atomic E-state index is 11.0. The van der Waals surface area contributed by atoms with Crippen LogP contribution in [0.5, 0.6) is 5.75 Å². The van der Waals surface area contributed by atoms with E-state index in [0.29, 0.717) is 17.5 Å². The van der Waals surface area contributed by atoms with Crippen LogP contribution in [0.4, 0.5) is 5.82 Å². The predicted molar refractivity (Wildman–Crippen MR) is 52.5 cm³/mol. The summed E-state index contributed by atoms with van der Waals surface area (Å²) in [5.74, 6) is 1.44. The summed E-state index contributed by atoms with van der Waals surface area (Å²) in [5.41, 5.74) is 1.11. The highest BCUT2D eigenvalue weighted by atomic mass is 16.5. The van der Waals surface area contributed by atoms with Gasteiger partial charge in [0, 0.05) is 6.20 Å². The molecule has 0 atom stereocenters. The van der Waals surface area contributed by atoms with Crippen LogP contribution in [0, 0.1) is 0 Å². The number of fused-ring (bicyclic) bond motifs is 1. The fourth-order valence-electron chi connectivity index (χ4n) is 1.29. The van der Waals surface area contributed by atoms with E-state index in [1.165, 1.54) is 0 Å². The zero-order valence-corrected chi connectivity index (χ0v) is 8.20. The van der Waals surface area contributed by atoms with E-state index in [0.717, 1.165) is 5.56 Å². The first-order valence-corrected chi connectivity index (χ1v) is 4.59. The number of ether oxygens (including phenoxy) is 1. The quantitative estimate of drug-likeness (QED) is 0.734. The lowest BCUT2D eigenvalue weighted by molar-refractivity contribution is -0.118. The van der Waals surface area contributed by atoms with Crippen LogP contribution in [0.15, 0.2) is 12.3 Å². The van der Waals surface area contributed by atoms with Crippen LogP contribution in [0.2, 0.25) is 0 Å². The van der Waals surface area contributed by atoms with Crippen molar-refractivity contribution in [1.29, 1.82) is 0 Å². The Morgan fingerprint density at radius 3 is 3.07 bits per heavy atom. The Bertz CT molecular complexity index is 374. The molecule has 4 heteroatoms. The van der Waals surface area contributed by atoms with E-state index in [9.17, 15) is 4.79 Å². The average Bonchev–Trinajstić information content (AvgIpc) is 2.16. The Balaban J connectivity index is 2.36. The van der Waals surface area contributed by atoms with Crippen molar-refractivity contribution in [3.8, 4) is 5.75 Å². The standard InChI is InChI=1S/C10H12N2O2/c1-6(2)7-3-8-10(11-4-7)12-9(13)5-14-8/h3-4,6H,5H2,1-2H3,(H,11,12,13). The van der Waals surface area contributed by atoms with Crippen molar-refractivity contribution in [2.45, 2.75) is 19.8 Å². The maximum Gasteiger partial charge on any atom is 0.263 e. The fourth-order valence-corrected chi connectivity index (χ4v) is 1.29. The first-order valence-electron chi connectivity index (χ1n) is 4.59. The van der Waals surface area contributed by atoms with Crippen molar-refractivity contribution in [2.75, 3.05) is 11.9 Å². The summed E-state index contributed by atoms with van der Waals surface area (Å²) in [6, 6.07) is 1.92. The van der Waals surface area contributed by atoms with E-state index in [1.54, 1.807) is 6.20 Å². The number of carbonyl (C=O) groups is 1. The predicted octanol–water partition coefficient (Wildman–Crippen LogP) is 1.54. The SMILES string of the molecule is CC(C)c1cnc2c(c1)OCC(=O)N2. The van der Waals surface area contributed by atoms with Crippen LogP contribution in [0.3, 0.4) is 0 Å². The summed E-state index contributed by atoms with van der Waals surface area (Å²) in [7, 11) is 0. The molecular formula is C10H12N2O2. The first kappa shape index (κ1) is 8.99. The third-order valence-corrected chi connectivity index (χ3v) is 2.16. The summed E-state index contributed by atoms with van der Waals surface area (Å²) in [6.07, 6.45) is 1.76. The minimum atomic E-state index is -0.151. The molecule has 0 aromatic carbocycles. The lowest BCUT2D eigenvalue weighted by atomic mass is 10.1. The van der Waals surface area contributed by atoms with Gasteiger partial charge in [0.05, 0.1) is 0 Å². The largest absolute Gasteiger partial charge is 0.480 e. The zero-order chi connectivity index (χ0) is 10.1. The molecule has 0 aliphatic carbocycles. The van der Waals surface area contributed by atoms with Crippen molar-refractivity contribution < 1.29 is 9.53 Å². The van der Waals surface area contributed by atoms with Gasteiger partial charge in [-0.2, -0.15) is 0 Å². The Kier molecular flexibility index (Phi) is 2.11. The van der Waals surface area contributed by atoms with Crippen molar-refractivity contribution in [3.63, 3.8) is 0 Å². The van der Waals surface area contributed by atoms with Gasteiger partial charge in [0.1, 0.15) is 0 Å². The van der Waals surface area contributed by atoms with Crippen molar-refractivity contribution in [2.24, 2.45) is 0 Å². The molecule has 0 bridgehead atoms. The van der Waals surface area contributed by atoms with Crippen LogP contribution < -0.4 is 10.1 Å². The number of carbonyl (C=O) groups excluding carboxylic acids is 1. The van der Waals surface area contributed by atoms with Gasteiger partial charge in [-0.15, -0.1) is 0 Å². The second-order valence-electron chi connectivity index (χ2n) is 3.61. The molecule has 14 heavy (non-hydrogen) atoms. The van der Waals surface area contributed by atoms with Crippen LogP contribution >= 0.6 is 0 Å². The van der Waals surface area contributed by atoms with Gasteiger partial charge < -0.3 is 10.1 Å². The van der Waals surface area contributed by atoms with Crippen molar-refractivity contribution in [3.05, 3.63) is 17.8 Å². The lowest BCUT2D eigenvalue weighted by Crippen LogP contribution is -2.26. The molecule has 0 spiro atoms. The van der Waals surface area contributed by atoms with Crippen molar-refractivity contribution in [1.82, 2.24) is 4.98 Å². The molecule has 0 fully saturated rings. The molecule has 0 radical (unpaired) electrons. The summed E-state index contributed by atoms with van der Waals surface area (Å²) in [4.78, 5) is 15.1. The second-order valence-corrected chi connectivity index (χ2v) is 3.61. The number of aromatic nitrogens is 1. The molecule has 0 saturated carbocycles. The first-order chi connectivity index (χ1) is 6.66. The summed E-state index contributed by atoms with van der Waals surface area (Å²) in [6.45, 7) is 4.26. The minimum absolute atomic E-state index is 0.0796. The molecule has 4 nitrogen and oxygen atoms in total. The summed E-state index contributed by atoms with van der Waals surface area (Å²) in [5, 5.41) is 2.65. The van der Waals surface area contributed by atoms with E-state index in [4.69, 9.17) is 4.74 Å². The maximum absolute atomic E-state index is 11.0. The average molecular weight is 192 g/mol. The molecule has 1 N–H and O–H groups in total. The second kappa shape index (κ2) is 3.29. The number of hydrogen-bond donors (Lipinski definition) is 1. The summed E-state index contributed by atoms with van der Waals surface area (Å²) < 4.78 is 5.25. The van der Waals surface area contributed by atoms with Crippen LogP contribution in [-0.2, 0) is 4.79 Å². The van der Waals surface area contributed by atoms with Crippen LogP contribution in [-0.4, -0.2) is 17.5 Å². The Morgan fingerprint density at radius 2 is 2.36 bits per heavy atom. The van der Waals surface area contributed by atoms with E-state index in [1.807, 2.05) is 6.07 Å². The van der Waals surface area contributed by atoms with Gasteiger partial charge in [-0.3, -0.25) is 4.79 Å². The van der Waals surface area contributed by atoms with E-state index >= 15 is 0 Å². The molecule has 1 aromatic rings. The molecule has 2 heterocycles. The van der Waals surface area contributed by atoms with Gasteiger partial charge >= 0.3 is 0 Å². The van der Waals surface area contributed by atoms with Crippen LogP contribution in [0.1, 0.15) is 25.3 Å². The third kappa shape index (κ3) is 1.55. The topological polar surface area (TPSA) is 51.2 Å². The molecule has 1 aliphatic heterocycles. The lowest BCUT2D eigenvalue weighted by Gasteiger charge is -2.18. The fraction of sp³-hybridized carbons (Fsp3) is 0.400. The molecule has 2 rings (SSSR count). The van der Waals surface area contributed by atoms with E-state index < -0.39 is 0 Å². The number of anilines is 1. The highest BCUT2D eigenvalue weighted by Gasteiger charge is 2.17. The Morgan fingerprint density at radius 1 is 1.57 bits per heavy atom. The normalized spacial score (nSPS) is 14.6. The molecule has 1 aromatic heterocycles. The number of rotatable bonds is 1. The number of hydrogen-bond acceptors (Lipinski definition) is 3. The monoisotopic (exact) mass is 192 g/mol. The van der Waals surface area contributed by atoms with Gasteiger partial charge in [0.15, 0.2) is 18.2 Å². The van der Waals surface area contributed by atoms with Gasteiger partial charge in [-0.05, 0) is 17.5 Å². The molecular weight excluding hydrogens is 180 g/mol. The highest BCUT2D eigenvalue weighted by molar-refractivity contribution is 5.94. The van der Waals surface area contributed by atoms with Gasteiger partial charge in [0.2, 0.25) is 0 Å². The number of nitrogens with zero attached hydrogens (tertiary/aromatic N) is 1. The number of amides is 1. The number of nitrogens with one attached hydrogen (secondary N) is 1. The van der Waals surface area contributed by atoms with Gasteiger partial charge in [-0.1, -0.05) is 13.8 Å². The van der Waals surface area contributed by atoms with E-state index in [2.05, 4.69) is 24.1 Å². The smallest absolute Gasteiger partial charge is 0.263 e. The zero-order valence-electron chi connectivity index (χ0n) is 8.20. The third-order valence-electron chi connectivity index (χ3n) is 2.16. The molecule has 1 amide bonds. The number of pyridine rings is 1.